The Morgan fingerprint density at radius 2 is 2.00 bits per heavy atom. The van der Waals surface area contributed by atoms with Gasteiger partial charge in [-0.2, -0.15) is 0 Å². The monoisotopic (exact) mass is 251 g/mol. The average molecular weight is 251 g/mol. The molecule has 0 radical (unpaired) electrons. The molecular formula is C13H21N3O2. The van der Waals surface area contributed by atoms with Crippen LogP contribution in [-0.4, -0.2) is 25.7 Å². The summed E-state index contributed by atoms with van der Waals surface area (Å²) in [6.07, 6.45) is 0. The molecule has 0 fully saturated rings. The summed E-state index contributed by atoms with van der Waals surface area (Å²) in [6.45, 7) is 5.94. The number of nitrogen functional groups attached to an aromatic ring is 1. The molecule has 1 aromatic carbocycles. The first-order valence-corrected chi connectivity index (χ1v) is 6.06. The molecule has 1 aromatic rings. The quantitative estimate of drug-likeness (QED) is 0.389. The van der Waals surface area contributed by atoms with Crippen molar-refractivity contribution in [1.29, 1.82) is 0 Å². The molecule has 5 heteroatoms. The molecule has 1 rings (SSSR count). The second-order valence-corrected chi connectivity index (χ2v) is 4.45. The molecule has 5 nitrogen and oxygen atoms in total. The predicted molar refractivity (Wildman–Crippen MR) is 72.2 cm³/mol. The number of hydrogen-bond donors (Lipinski definition) is 3. The Hall–Kier alpha value is -1.59. The zero-order valence-electron chi connectivity index (χ0n) is 10.9. The molecule has 0 heterocycles. The molecule has 100 valence electrons. The van der Waals surface area contributed by atoms with Crippen LogP contribution in [0.25, 0.3) is 0 Å². The van der Waals surface area contributed by atoms with Crippen molar-refractivity contribution in [2.24, 2.45) is 11.8 Å². The maximum absolute atomic E-state index is 11.7. The topological polar surface area (TPSA) is 76.4 Å². The number of amides is 1. The largest absolute Gasteiger partial charge is 0.379 e. The molecule has 0 aliphatic carbocycles. The minimum Gasteiger partial charge on any atom is -0.379 e. The van der Waals surface area contributed by atoms with Crippen molar-refractivity contribution in [1.82, 2.24) is 5.32 Å². The number of anilines is 1. The summed E-state index contributed by atoms with van der Waals surface area (Å²) in [5.74, 6) is 5.65. The lowest BCUT2D eigenvalue weighted by molar-refractivity contribution is 0.0886. The second-order valence-electron chi connectivity index (χ2n) is 4.45. The maximum atomic E-state index is 11.7. The summed E-state index contributed by atoms with van der Waals surface area (Å²) in [7, 11) is 0. The fraction of sp³-hybridized carbons (Fsp3) is 0.462. The summed E-state index contributed by atoms with van der Waals surface area (Å²) in [5, 5.41) is 2.79. The first-order chi connectivity index (χ1) is 8.63. The van der Waals surface area contributed by atoms with Crippen molar-refractivity contribution >= 4 is 11.6 Å². The lowest BCUT2D eigenvalue weighted by Crippen LogP contribution is -2.27. The molecule has 0 aromatic heterocycles. The van der Waals surface area contributed by atoms with Gasteiger partial charge < -0.3 is 15.5 Å². The number of carbonyl (C=O) groups excluding carboxylic acids is 1. The van der Waals surface area contributed by atoms with Crippen molar-refractivity contribution in [2.75, 3.05) is 25.2 Å². The van der Waals surface area contributed by atoms with E-state index in [0.717, 1.165) is 5.69 Å². The predicted octanol–water partition coefficient (Wildman–Crippen LogP) is 1.37. The van der Waals surface area contributed by atoms with Crippen LogP contribution in [-0.2, 0) is 4.74 Å². The molecule has 0 bridgehead atoms. The fourth-order valence-electron chi connectivity index (χ4n) is 1.38. The van der Waals surface area contributed by atoms with E-state index in [1.54, 1.807) is 24.3 Å². The summed E-state index contributed by atoms with van der Waals surface area (Å²) >= 11 is 0. The molecule has 0 saturated carbocycles. The second kappa shape index (κ2) is 7.68. The smallest absolute Gasteiger partial charge is 0.251 e. The lowest BCUT2D eigenvalue weighted by atomic mass is 10.2. The third-order valence-electron chi connectivity index (χ3n) is 2.30. The zero-order valence-corrected chi connectivity index (χ0v) is 10.9. The van der Waals surface area contributed by atoms with Gasteiger partial charge in [-0.3, -0.25) is 10.6 Å². The highest BCUT2D eigenvalue weighted by atomic mass is 16.5. The zero-order chi connectivity index (χ0) is 13.4. The van der Waals surface area contributed by atoms with Crippen LogP contribution in [0, 0.1) is 5.92 Å². The van der Waals surface area contributed by atoms with Gasteiger partial charge in [0, 0.05) is 24.4 Å². The highest BCUT2D eigenvalue weighted by molar-refractivity contribution is 5.94. The Bertz CT molecular complexity index is 363. The van der Waals surface area contributed by atoms with Gasteiger partial charge in [0.05, 0.1) is 6.61 Å². The number of nitrogens with one attached hydrogen (secondary N) is 2. The van der Waals surface area contributed by atoms with Gasteiger partial charge in [-0.25, -0.2) is 0 Å². The molecule has 0 unspecified atom stereocenters. The molecule has 0 aliphatic rings. The van der Waals surface area contributed by atoms with Gasteiger partial charge in [-0.05, 0) is 30.2 Å². The molecule has 4 N–H and O–H groups in total. The summed E-state index contributed by atoms with van der Waals surface area (Å²) in [6, 6.07) is 6.95. The van der Waals surface area contributed by atoms with Gasteiger partial charge in [-0.1, -0.05) is 13.8 Å². The summed E-state index contributed by atoms with van der Waals surface area (Å²) in [4.78, 5) is 11.7. The molecule has 1 amide bonds. The summed E-state index contributed by atoms with van der Waals surface area (Å²) in [5.41, 5.74) is 3.89. The van der Waals surface area contributed by atoms with E-state index in [0.29, 0.717) is 31.2 Å². The number of benzene rings is 1. The highest BCUT2D eigenvalue weighted by Gasteiger charge is 2.04. The number of ether oxygens (including phenoxy) is 1. The van der Waals surface area contributed by atoms with Gasteiger partial charge >= 0.3 is 0 Å². The van der Waals surface area contributed by atoms with E-state index in [1.165, 1.54) is 0 Å². The van der Waals surface area contributed by atoms with E-state index >= 15 is 0 Å². The summed E-state index contributed by atoms with van der Waals surface area (Å²) < 4.78 is 5.38. The van der Waals surface area contributed by atoms with Crippen LogP contribution in [0.1, 0.15) is 24.2 Å². The van der Waals surface area contributed by atoms with Gasteiger partial charge in [0.25, 0.3) is 5.91 Å². The Kier molecular flexibility index (Phi) is 6.18. The van der Waals surface area contributed by atoms with E-state index in [9.17, 15) is 4.79 Å². The van der Waals surface area contributed by atoms with Crippen LogP contribution < -0.4 is 16.6 Å². The Labute approximate surface area is 108 Å². The average Bonchev–Trinajstić information content (AvgIpc) is 2.38. The molecular weight excluding hydrogens is 230 g/mol. The molecule has 0 aliphatic heterocycles. The van der Waals surface area contributed by atoms with E-state index < -0.39 is 0 Å². The van der Waals surface area contributed by atoms with Gasteiger partial charge in [0.2, 0.25) is 0 Å². The Balaban J connectivity index is 2.27. The highest BCUT2D eigenvalue weighted by Crippen LogP contribution is 2.07. The van der Waals surface area contributed by atoms with Gasteiger partial charge in [0.15, 0.2) is 0 Å². The lowest BCUT2D eigenvalue weighted by Gasteiger charge is -2.08. The number of rotatable bonds is 7. The van der Waals surface area contributed by atoms with Crippen LogP contribution in [0.5, 0.6) is 0 Å². The maximum Gasteiger partial charge on any atom is 0.251 e. The molecule has 0 saturated heterocycles. The third kappa shape index (κ3) is 5.16. The minimum atomic E-state index is -0.105. The van der Waals surface area contributed by atoms with E-state index in [4.69, 9.17) is 10.6 Å². The standard InChI is InChI=1S/C13H21N3O2/c1-10(2)9-18-8-7-15-13(17)11-3-5-12(16-14)6-4-11/h3-6,10,16H,7-9,14H2,1-2H3,(H,15,17). The third-order valence-corrected chi connectivity index (χ3v) is 2.30. The SMILES string of the molecule is CC(C)COCCNC(=O)c1ccc(NN)cc1. The Morgan fingerprint density at radius 3 is 2.56 bits per heavy atom. The number of nitrogens with two attached hydrogens (primary N) is 1. The Morgan fingerprint density at radius 1 is 1.33 bits per heavy atom. The first kappa shape index (κ1) is 14.5. The van der Waals surface area contributed by atoms with Crippen LogP contribution in [0.15, 0.2) is 24.3 Å². The van der Waals surface area contributed by atoms with Crippen molar-refractivity contribution in [2.45, 2.75) is 13.8 Å². The van der Waals surface area contributed by atoms with Crippen molar-refractivity contribution < 1.29 is 9.53 Å². The van der Waals surface area contributed by atoms with Crippen LogP contribution in [0.3, 0.4) is 0 Å². The normalized spacial score (nSPS) is 10.4. The van der Waals surface area contributed by atoms with Crippen molar-refractivity contribution in [3.63, 3.8) is 0 Å². The minimum absolute atomic E-state index is 0.105. The van der Waals surface area contributed by atoms with Gasteiger partial charge in [0.1, 0.15) is 0 Å². The van der Waals surface area contributed by atoms with Crippen molar-refractivity contribution in [3.05, 3.63) is 29.8 Å². The molecule has 0 atom stereocenters. The van der Waals surface area contributed by atoms with Gasteiger partial charge in [-0.15, -0.1) is 0 Å². The molecule has 0 spiro atoms. The van der Waals surface area contributed by atoms with E-state index in [1.807, 2.05) is 0 Å². The van der Waals surface area contributed by atoms with Crippen molar-refractivity contribution in [3.8, 4) is 0 Å². The first-order valence-electron chi connectivity index (χ1n) is 6.06. The van der Waals surface area contributed by atoms with Crippen LogP contribution >= 0.6 is 0 Å². The number of hydrazine groups is 1. The van der Waals surface area contributed by atoms with E-state index in [2.05, 4.69) is 24.6 Å². The molecule has 18 heavy (non-hydrogen) atoms. The van der Waals surface area contributed by atoms with E-state index in [-0.39, 0.29) is 5.91 Å². The number of hydrogen-bond acceptors (Lipinski definition) is 4. The number of carbonyl (C=O) groups is 1. The van der Waals surface area contributed by atoms with Crippen LogP contribution in [0.4, 0.5) is 5.69 Å². The van der Waals surface area contributed by atoms with Crippen LogP contribution in [0.2, 0.25) is 0 Å². The fourth-order valence-corrected chi connectivity index (χ4v) is 1.38.